The van der Waals surface area contributed by atoms with Crippen molar-refractivity contribution in [1.82, 2.24) is 5.32 Å². The van der Waals surface area contributed by atoms with Gasteiger partial charge in [0, 0.05) is 35.4 Å². The van der Waals surface area contributed by atoms with Gasteiger partial charge in [0.25, 0.3) is 0 Å². The summed E-state index contributed by atoms with van der Waals surface area (Å²) in [6, 6.07) is 27.0. The number of benzene rings is 3. The van der Waals surface area contributed by atoms with Gasteiger partial charge in [0.05, 0.1) is 5.56 Å². The van der Waals surface area contributed by atoms with Crippen LogP contribution in [0, 0.1) is 5.92 Å². The van der Waals surface area contributed by atoms with E-state index in [9.17, 15) is 9.90 Å². The maximum absolute atomic E-state index is 11.2. The van der Waals surface area contributed by atoms with Crippen LogP contribution in [0.15, 0.2) is 84.2 Å². The first-order valence-corrected chi connectivity index (χ1v) is 12.8. The van der Waals surface area contributed by atoms with Gasteiger partial charge in [-0.05, 0) is 78.0 Å². The Hall–Kier alpha value is -3.15. The molecule has 1 saturated heterocycles. The van der Waals surface area contributed by atoms with Gasteiger partial charge in [-0.3, -0.25) is 0 Å². The van der Waals surface area contributed by atoms with Crippen LogP contribution in [-0.2, 0) is 0 Å². The molecule has 3 aromatic carbocycles. The van der Waals surface area contributed by atoms with E-state index in [1.54, 1.807) is 12.1 Å². The minimum Gasteiger partial charge on any atom is -0.478 e. The molecule has 2 unspecified atom stereocenters. The molecular formula is C29H30N2O2S. The number of rotatable bonds is 7. The van der Waals surface area contributed by atoms with E-state index in [4.69, 9.17) is 0 Å². The number of hydrogen-bond acceptors (Lipinski definition) is 4. The molecule has 1 aromatic heterocycles. The highest BCUT2D eigenvalue weighted by Crippen LogP contribution is 2.36. The Kier molecular flexibility index (Phi) is 6.66. The van der Waals surface area contributed by atoms with Crippen molar-refractivity contribution >= 4 is 33.1 Å². The Morgan fingerprint density at radius 3 is 2.56 bits per heavy atom. The predicted octanol–water partition coefficient (Wildman–Crippen LogP) is 6.56. The Labute approximate surface area is 204 Å². The average molecular weight is 471 g/mol. The molecule has 0 aliphatic carbocycles. The molecule has 174 valence electrons. The SMILES string of the molecule is C[C@@H](NCC1CCN(c2ccc(C(=O)O)cc2)CC1c1ccccc1)c1csc2ccccc12. The zero-order valence-corrected chi connectivity index (χ0v) is 20.2. The average Bonchev–Trinajstić information content (AvgIpc) is 3.32. The zero-order chi connectivity index (χ0) is 23.5. The number of carbonyl (C=O) groups is 1. The van der Waals surface area contributed by atoms with Crippen LogP contribution in [0.2, 0.25) is 0 Å². The molecule has 0 saturated carbocycles. The van der Waals surface area contributed by atoms with E-state index in [1.807, 2.05) is 23.5 Å². The molecule has 4 aromatic rings. The summed E-state index contributed by atoms with van der Waals surface area (Å²) in [5.74, 6) is 0.0586. The second kappa shape index (κ2) is 10.00. The summed E-state index contributed by atoms with van der Waals surface area (Å²) in [7, 11) is 0. The summed E-state index contributed by atoms with van der Waals surface area (Å²) in [5, 5.41) is 16.7. The third-order valence-electron chi connectivity index (χ3n) is 7.13. The van der Waals surface area contributed by atoms with E-state index in [1.165, 1.54) is 21.2 Å². The molecule has 1 aliphatic heterocycles. The lowest BCUT2D eigenvalue weighted by molar-refractivity contribution is 0.0697. The number of piperidine rings is 1. The van der Waals surface area contributed by atoms with E-state index in [0.717, 1.165) is 31.7 Å². The molecule has 0 spiro atoms. The molecular weight excluding hydrogens is 440 g/mol. The Morgan fingerprint density at radius 1 is 1.06 bits per heavy atom. The van der Waals surface area contributed by atoms with Gasteiger partial charge in [-0.25, -0.2) is 4.79 Å². The first-order chi connectivity index (χ1) is 16.6. The lowest BCUT2D eigenvalue weighted by atomic mass is 9.80. The number of nitrogens with zero attached hydrogens (tertiary/aromatic N) is 1. The van der Waals surface area contributed by atoms with E-state index in [-0.39, 0.29) is 0 Å². The van der Waals surface area contributed by atoms with Crippen molar-refractivity contribution < 1.29 is 9.90 Å². The highest BCUT2D eigenvalue weighted by Gasteiger charge is 2.31. The number of carboxylic acids is 1. The van der Waals surface area contributed by atoms with Crippen LogP contribution in [0.4, 0.5) is 5.69 Å². The topological polar surface area (TPSA) is 52.6 Å². The highest BCUT2D eigenvalue weighted by atomic mass is 32.1. The standard InChI is InChI=1S/C29H30N2O2S/c1-20(27-19-34-28-10-6-5-9-25(27)28)30-17-23-15-16-31(18-26(23)21-7-3-2-4-8-21)24-13-11-22(12-14-24)29(32)33/h2-14,19-20,23,26,30H,15-18H2,1H3,(H,32,33)/t20-,23?,26?/m1/s1. The molecule has 2 N–H and O–H groups in total. The first-order valence-electron chi connectivity index (χ1n) is 11.9. The molecule has 5 heteroatoms. The van der Waals surface area contributed by atoms with Crippen molar-refractivity contribution in [3.8, 4) is 0 Å². The summed E-state index contributed by atoms with van der Waals surface area (Å²) >= 11 is 1.82. The van der Waals surface area contributed by atoms with Crippen LogP contribution in [0.3, 0.4) is 0 Å². The third-order valence-corrected chi connectivity index (χ3v) is 8.11. The van der Waals surface area contributed by atoms with Crippen molar-refractivity contribution in [1.29, 1.82) is 0 Å². The van der Waals surface area contributed by atoms with Crippen LogP contribution in [0.1, 0.15) is 46.8 Å². The van der Waals surface area contributed by atoms with Crippen molar-refractivity contribution in [2.24, 2.45) is 5.92 Å². The molecule has 1 aliphatic rings. The molecule has 0 amide bonds. The van der Waals surface area contributed by atoms with Crippen molar-refractivity contribution in [2.75, 3.05) is 24.5 Å². The van der Waals surface area contributed by atoms with E-state index >= 15 is 0 Å². The van der Waals surface area contributed by atoms with E-state index in [2.05, 4.69) is 77.1 Å². The van der Waals surface area contributed by atoms with Gasteiger partial charge in [-0.15, -0.1) is 11.3 Å². The quantitative estimate of drug-likeness (QED) is 0.321. The fraction of sp³-hybridized carbons (Fsp3) is 0.276. The minimum absolute atomic E-state index is 0.300. The smallest absolute Gasteiger partial charge is 0.335 e. The molecule has 0 bridgehead atoms. The number of fused-ring (bicyclic) bond motifs is 1. The number of carboxylic acid groups (broad SMARTS) is 1. The normalized spacial score (nSPS) is 19.3. The first kappa shape index (κ1) is 22.6. The van der Waals surface area contributed by atoms with Crippen molar-refractivity contribution in [3.05, 3.63) is 101 Å². The number of aromatic carboxylic acids is 1. The summed E-state index contributed by atoms with van der Waals surface area (Å²) in [6.07, 6.45) is 1.09. The Bertz CT molecular complexity index is 1250. The van der Waals surface area contributed by atoms with Gasteiger partial charge in [-0.1, -0.05) is 48.5 Å². The largest absolute Gasteiger partial charge is 0.478 e. The fourth-order valence-corrected chi connectivity index (χ4v) is 6.20. The van der Waals surface area contributed by atoms with Gasteiger partial charge in [-0.2, -0.15) is 0 Å². The Balaban J connectivity index is 1.32. The van der Waals surface area contributed by atoms with Crippen molar-refractivity contribution in [2.45, 2.75) is 25.3 Å². The fourth-order valence-electron chi connectivity index (χ4n) is 5.14. The number of nitrogens with one attached hydrogen (secondary N) is 1. The van der Waals surface area contributed by atoms with Crippen LogP contribution in [0.5, 0.6) is 0 Å². The molecule has 3 atom stereocenters. The zero-order valence-electron chi connectivity index (χ0n) is 19.4. The molecule has 34 heavy (non-hydrogen) atoms. The number of anilines is 1. The molecule has 0 radical (unpaired) electrons. The van der Waals surface area contributed by atoms with Crippen LogP contribution in [0.25, 0.3) is 10.1 Å². The van der Waals surface area contributed by atoms with E-state index < -0.39 is 5.97 Å². The van der Waals surface area contributed by atoms with E-state index in [0.29, 0.717) is 23.4 Å². The maximum Gasteiger partial charge on any atom is 0.335 e. The van der Waals surface area contributed by atoms with Gasteiger partial charge in [0.15, 0.2) is 0 Å². The lowest BCUT2D eigenvalue weighted by Crippen LogP contribution is -2.43. The molecule has 4 nitrogen and oxygen atoms in total. The molecule has 2 heterocycles. The van der Waals surface area contributed by atoms with Crippen LogP contribution in [-0.4, -0.2) is 30.7 Å². The second-order valence-corrected chi connectivity index (χ2v) is 10.1. The monoisotopic (exact) mass is 470 g/mol. The second-order valence-electron chi connectivity index (χ2n) is 9.18. The van der Waals surface area contributed by atoms with Crippen LogP contribution < -0.4 is 10.2 Å². The summed E-state index contributed by atoms with van der Waals surface area (Å²) < 4.78 is 1.34. The number of hydrogen-bond donors (Lipinski definition) is 2. The summed E-state index contributed by atoms with van der Waals surface area (Å²) in [5.41, 5.74) is 4.18. The van der Waals surface area contributed by atoms with Gasteiger partial charge in [0.2, 0.25) is 0 Å². The number of thiophene rings is 1. The van der Waals surface area contributed by atoms with Gasteiger partial charge >= 0.3 is 5.97 Å². The highest BCUT2D eigenvalue weighted by molar-refractivity contribution is 7.17. The summed E-state index contributed by atoms with van der Waals surface area (Å²) in [6.45, 7) is 5.14. The van der Waals surface area contributed by atoms with Gasteiger partial charge in [0.1, 0.15) is 0 Å². The maximum atomic E-state index is 11.2. The van der Waals surface area contributed by atoms with Gasteiger partial charge < -0.3 is 15.3 Å². The summed E-state index contributed by atoms with van der Waals surface area (Å²) in [4.78, 5) is 13.6. The third kappa shape index (κ3) is 4.72. The molecule has 5 rings (SSSR count). The molecule has 1 fully saturated rings. The minimum atomic E-state index is -0.883. The van der Waals surface area contributed by atoms with Crippen LogP contribution >= 0.6 is 11.3 Å². The lowest BCUT2D eigenvalue weighted by Gasteiger charge is -2.40. The Morgan fingerprint density at radius 2 is 1.79 bits per heavy atom. The predicted molar refractivity (Wildman–Crippen MR) is 141 cm³/mol. The van der Waals surface area contributed by atoms with Crippen molar-refractivity contribution in [3.63, 3.8) is 0 Å².